The predicted octanol–water partition coefficient (Wildman–Crippen LogP) is 3.09. The number of aromatic nitrogens is 1. The van der Waals surface area contributed by atoms with Crippen molar-refractivity contribution in [3.8, 4) is 0 Å². The maximum atomic E-state index is 13.2. The van der Waals surface area contributed by atoms with Crippen molar-refractivity contribution in [2.45, 2.75) is 55.9 Å². The number of nitrogens with one attached hydrogen (secondary N) is 1. The third-order valence-electron chi connectivity index (χ3n) is 5.08. The Kier molecular flexibility index (Phi) is 5.29. The summed E-state index contributed by atoms with van der Waals surface area (Å²) in [5.41, 5.74) is 0.337. The van der Waals surface area contributed by atoms with Gasteiger partial charge < -0.3 is 4.74 Å². The zero-order chi connectivity index (χ0) is 18.8. The average molecular weight is 376 g/mol. The number of ether oxygens (including phenoxy) is 1. The lowest BCUT2D eigenvalue weighted by molar-refractivity contribution is -0.148. The van der Waals surface area contributed by atoms with Gasteiger partial charge in [0.25, 0.3) is 0 Å². The van der Waals surface area contributed by atoms with Crippen LogP contribution in [-0.2, 0) is 19.6 Å². The predicted molar refractivity (Wildman–Crippen MR) is 99.3 cm³/mol. The second kappa shape index (κ2) is 7.32. The summed E-state index contributed by atoms with van der Waals surface area (Å²) in [6.45, 7) is 1.89. The van der Waals surface area contributed by atoms with Gasteiger partial charge in [-0.05, 0) is 43.5 Å². The summed E-state index contributed by atoms with van der Waals surface area (Å²) in [5.74, 6) is -0.516. The number of carbonyl (C=O) groups is 1. The van der Waals surface area contributed by atoms with Crippen molar-refractivity contribution >= 4 is 26.9 Å². The number of nitrogens with zero attached hydrogens (tertiary/aromatic N) is 1. The van der Waals surface area contributed by atoms with Gasteiger partial charge in [0, 0.05) is 11.6 Å². The molecular weight excluding hydrogens is 352 g/mol. The van der Waals surface area contributed by atoms with Crippen LogP contribution < -0.4 is 4.72 Å². The number of hydrogen-bond donors (Lipinski definition) is 1. The molecule has 0 amide bonds. The van der Waals surface area contributed by atoms with E-state index >= 15 is 0 Å². The molecule has 0 radical (unpaired) electrons. The molecule has 2 aromatic rings. The molecule has 0 atom stereocenters. The van der Waals surface area contributed by atoms with Crippen LogP contribution in [0.3, 0.4) is 0 Å². The van der Waals surface area contributed by atoms with Crippen LogP contribution in [0.5, 0.6) is 0 Å². The minimum absolute atomic E-state index is 0.138. The van der Waals surface area contributed by atoms with Crippen LogP contribution in [0.15, 0.2) is 35.4 Å². The number of esters is 1. The summed E-state index contributed by atoms with van der Waals surface area (Å²) in [7, 11) is -2.62. The van der Waals surface area contributed by atoms with Crippen LogP contribution in [0.2, 0.25) is 0 Å². The van der Waals surface area contributed by atoms with Gasteiger partial charge in [0.15, 0.2) is 0 Å². The minimum Gasteiger partial charge on any atom is -0.468 e. The Labute approximate surface area is 154 Å². The minimum atomic E-state index is -3.92. The van der Waals surface area contributed by atoms with Gasteiger partial charge >= 0.3 is 5.97 Å². The molecule has 26 heavy (non-hydrogen) atoms. The molecule has 1 saturated carbocycles. The van der Waals surface area contributed by atoms with Gasteiger partial charge in [-0.15, -0.1) is 0 Å². The number of aryl methyl sites for hydroxylation is 1. The fourth-order valence-corrected chi connectivity index (χ4v) is 5.32. The van der Waals surface area contributed by atoms with Crippen LogP contribution in [-0.4, -0.2) is 32.0 Å². The van der Waals surface area contributed by atoms with Crippen molar-refractivity contribution in [1.29, 1.82) is 0 Å². The maximum absolute atomic E-state index is 13.2. The molecule has 1 fully saturated rings. The largest absolute Gasteiger partial charge is 0.468 e. The van der Waals surface area contributed by atoms with E-state index in [1.165, 1.54) is 7.11 Å². The highest BCUT2D eigenvalue weighted by Crippen LogP contribution is 2.32. The van der Waals surface area contributed by atoms with Crippen LogP contribution in [0, 0.1) is 6.92 Å². The van der Waals surface area contributed by atoms with E-state index in [-0.39, 0.29) is 4.90 Å². The molecule has 1 aliphatic carbocycles. The number of hydrogen-bond acceptors (Lipinski definition) is 5. The second-order valence-corrected chi connectivity index (χ2v) is 8.52. The van der Waals surface area contributed by atoms with Crippen molar-refractivity contribution < 1.29 is 17.9 Å². The number of carbonyl (C=O) groups excluding carboxylic acids is 1. The number of pyridine rings is 1. The van der Waals surface area contributed by atoms with Crippen LogP contribution >= 0.6 is 0 Å². The first-order valence-electron chi connectivity index (χ1n) is 8.86. The van der Waals surface area contributed by atoms with E-state index in [2.05, 4.69) is 9.71 Å². The quantitative estimate of drug-likeness (QED) is 0.655. The van der Waals surface area contributed by atoms with Gasteiger partial charge in [-0.2, -0.15) is 4.72 Å². The summed E-state index contributed by atoms with van der Waals surface area (Å²) in [4.78, 5) is 16.9. The highest BCUT2D eigenvalue weighted by atomic mass is 32.2. The molecule has 1 aromatic carbocycles. The summed E-state index contributed by atoms with van der Waals surface area (Å²) < 4.78 is 34.1. The van der Waals surface area contributed by atoms with E-state index in [4.69, 9.17) is 4.74 Å². The van der Waals surface area contributed by atoms with Crippen LogP contribution in [0.1, 0.15) is 44.1 Å². The molecule has 1 aliphatic rings. The molecule has 0 saturated heterocycles. The smallest absolute Gasteiger partial charge is 0.327 e. The molecule has 140 valence electrons. The monoisotopic (exact) mass is 376 g/mol. The highest BCUT2D eigenvalue weighted by molar-refractivity contribution is 7.89. The molecule has 1 N–H and O–H groups in total. The summed E-state index contributed by atoms with van der Waals surface area (Å²) in [6.07, 6.45) is 6.07. The fraction of sp³-hybridized carbons (Fsp3) is 0.474. The Morgan fingerprint density at radius 3 is 2.50 bits per heavy atom. The van der Waals surface area contributed by atoms with Crippen molar-refractivity contribution in [3.05, 3.63) is 36.0 Å². The lowest BCUT2D eigenvalue weighted by Gasteiger charge is -2.30. The van der Waals surface area contributed by atoms with Gasteiger partial charge in [-0.1, -0.05) is 31.7 Å². The number of sulfonamides is 1. The standard InChI is InChI=1S/C19H24N2O4S/c1-14-9-10-16(15-8-7-13-20-17(14)15)26(23,24)21-19(18(22)25-2)11-5-3-4-6-12-19/h7-10,13,21H,3-6,11-12H2,1-2H3. The lowest BCUT2D eigenvalue weighted by Crippen LogP contribution is -2.54. The Morgan fingerprint density at radius 2 is 1.85 bits per heavy atom. The maximum Gasteiger partial charge on any atom is 0.327 e. The normalized spacial score (nSPS) is 17.6. The highest BCUT2D eigenvalue weighted by Gasteiger charge is 2.43. The number of fused-ring (bicyclic) bond motifs is 1. The van der Waals surface area contributed by atoms with Gasteiger partial charge in [0.1, 0.15) is 5.54 Å². The number of rotatable bonds is 4. The fourth-order valence-electron chi connectivity index (χ4n) is 3.71. The second-order valence-electron chi connectivity index (χ2n) is 6.87. The zero-order valence-electron chi connectivity index (χ0n) is 15.1. The zero-order valence-corrected chi connectivity index (χ0v) is 15.9. The molecule has 0 spiro atoms. The first-order chi connectivity index (χ1) is 12.4. The van der Waals surface area contributed by atoms with Gasteiger partial charge in [-0.25, -0.2) is 8.42 Å². The van der Waals surface area contributed by atoms with Gasteiger partial charge in [0.2, 0.25) is 10.0 Å². The molecule has 0 aliphatic heterocycles. The SMILES string of the molecule is COC(=O)C1(NS(=O)(=O)c2ccc(C)c3ncccc23)CCCCCC1. The third kappa shape index (κ3) is 3.46. The van der Waals surface area contributed by atoms with E-state index in [0.717, 1.165) is 31.2 Å². The van der Waals surface area contributed by atoms with E-state index in [0.29, 0.717) is 23.7 Å². The van der Waals surface area contributed by atoms with Crippen molar-refractivity contribution in [3.63, 3.8) is 0 Å². The Morgan fingerprint density at radius 1 is 1.15 bits per heavy atom. The molecule has 1 heterocycles. The van der Waals surface area contributed by atoms with E-state index < -0.39 is 21.5 Å². The molecule has 1 aromatic heterocycles. The topological polar surface area (TPSA) is 85.4 Å². The summed E-state index contributed by atoms with van der Waals surface area (Å²) in [5, 5.41) is 0.550. The Hall–Kier alpha value is -1.99. The first kappa shape index (κ1) is 18.8. The Bertz CT molecular complexity index is 916. The number of methoxy groups -OCH3 is 1. The summed E-state index contributed by atoms with van der Waals surface area (Å²) in [6, 6.07) is 6.76. The lowest BCUT2D eigenvalue weighted by atomic mass is 9.92. The molecule has 6 nitrogen and oxygen atoms in total. The third-order valence-corrected chi connectivity index (χ3v) is 6.68. The van der Waals surface area contributed by atoms with E-state index in [9.17, 15) is 13.2 Å². The van der Waals surface area contributed by atoms with Crippen molar-refractivity contribution in [2.75, 3.05) is 7.11 Å². The van der Waals surface area contributed by atoms with E-state index in [1.807, 2.05) is 6.92 Å². The van der Waals surface area contributed by atoms with Crippen molar-refractivity contribution in [1.82, 2.24) is 9.71 Å². The Balaban J connectivity index is 2.07. The molecule has 0 bridgehead atoms. The van der Waals surface area contributed by atoms with Crippen LogP contribution in [0.25, 0.3) is 10.9 Å². The molecule has 0 unspecified atom stereocenters. The van der Waals surface area contributed by atoms with E-state index in [1.54, 1.807) is 30.5 Å². The molecular formula is C19H24N2O4S. The summed E-state index contributed by atoms with van der Waals surface area (Å²) >= 11 is 0. The first-order valence-corrected chi connectivity index (χ1v) is 10.3. The van der Waals surface area contributed by atoms with Gasteiger partial charge in [-0.3, -0.25) is 9.78 Å². The van der Waals surface area contributed by atoms with Crippen molar-refractivity contribution in [2.24, 2.45) is 0 Å². The average Bonchev–Trinajstić information content (AvgIpc) is 2.87. The molecule has 3 rings (SSSR count). The van der Waals surface area contributed by atoms with Gasteiger partial charge in [0.05, 0.1) is 17.5 Å². The number of benzene rings is 1. The molecule has 7 heteroatoms. The van der Waals surface area contributed by atoms with Crippen LogP contribution in [0.4, 0.5) is 0 Å².